The smallest absolute Gasteiger partial charge is 0.385 e. The van der Waals surface area contributed by atoms with E-state index in [1.165, 1.54) is 13.8 Å². The van der Waals surface area contributed by atoms with Crippen molar-refractivity contribution < 1.29 is 43.9 Å². The van der Waals surface area contributed by atoms with E-state index in [-0.39, 0.29) is 11.1 Å². The van der Waals surface area contributed by atoms with E-state index in [1.807, 2.05) is 0 Å². The largest absolute Gasteiger partial charge is 0.421 e. The van der Waals surface area contributed by atoms with Crippen LogP contribution >= 0.6 is 0 Å². The lowest BCUT2D eigenvalue weighted by molar-refractivity contribution is -0.316. The van der Waals surface area contributed by atoms with Crippen LogP contribution in [0.2, 0.25) is 0 Å². The van der Waals surface area contributed by atoms with Gasteiger partial charge in [-0.05, 0) is 20.8 Å². The van der Waals surface area contributed by atoms with Gasteiger partial charge in [-0.3, -0.25) is 0 Å². The lowest BCUT2D eigenvalue weighted by Gasteiger charge is -2.28. The van der Waals surface area contributed by atoms with E-state index in [0.717, 1.165) is 13.8 Å². The quantitative estimate of drug-likeness (QED) is 0.331. The molecule has 0 atom stereocenters. The first-order valence-electron chi connectivity index (χ1n) is 6.54. The molecule has 0 aliphatic rings. The van der Waals surface area contributed by atoms with Crippen molar-refractivity contribution in [2.24, 2.45) is 0 Å². The van der Waals surface area contributed by atoms with Gasteiger partial charge in [-0.15, -0.1) is 0 Å². The molecule has 0 radical (unpaired) electrons. The third-order valence-corrected chi connectivity index (χ3v) is 2.26. The molecule has 0 aromatic rings. The summed E-state index contributed by atoms with van der Waals surface area (Å²) in [5.74, 6) is -9.02. The number of hydrogen-bond acceptors (Lipinski definition) is 9. The van der Waals surface area contributed by atoms with Crippen molar-refractivity contribution in [3.8, 4) is 0 Å². The van der Waals surface area contributed by atoms with Gasteiger partial charge in [0.15, 0.2) is 0 Å². The Morgan fingerprint density at radius 3 is 1.46 bits per heavy atom. The summed E-state index contributed by atoms with van der Waals surface area (Å²) in [5, 5.41) is 26.4. The van der Waals surface area contributed by atoms with E-state index in [2.05, 4.69) is 13.2 Å². The number of carbonyl (C=O) groups is 3. The predicted molar refractivity (Wildman–Crippen MR) is 79.5 cm³/mol. The summed E-state index contributed by atoms with van der Waals surface area (Å²) in [7, 11) is 0. The van der Waals surface area contributed by atoms with Gasteiger partial charge in [-0.2, -0.15) is 0 Å². The summed E-state index contributed by atoms with van der Waals surface area (Å²) < 4.78 is 14.4. The third kappa shape index (κ3) is 7.68. The first-order chi connectivity index (χ1) is 10.7. The maximum absolute atomic E-state index is 11.9. The molecule has 24 heavy (non-hydrogen) atoms. The number of rotatable bonds is 7. The van der Waals surface area contributed by atoms with Crippen LogP contribution in [0.3, 0.4) is 0 Å². The first-order valence-corrected chi connectivity index (χ1v) is 6.54. The molecule has 0 unspecified atom stereocenters. The molecule has 0 spiro atoms. The second-order valence-corrected chi connectivity index (χ2v) is 5.11. The highest BCUT2D eigenvalue weighted by Crippen LogP contribution is 2.21. The minimum Gasteiger partial charge on any atom is -0.385 e. The summed E-state index contributed by atoms with van der Waals surface area (Å²) in [6, 6.07) is 0. The van der Waals surface area contributed by atoms with Gasteiger partial charge in [0.2, 0.25) is 0 Å². The maximum atomic E-state index is 11.9. The van der Waals surface area contributed by atoms with Crippen molar-refractivity contribution in [2.45, 2.75) is 39.6 Å². The normalized spacial score (nSPS) is 12.2. The fraction of sp³-hybridized carbons (Fsp3) is 0.400. The summed E-state index contributed by atoms with van der Waals surface area (Å²) in [5.41, 5.74) is -0.585. The van der Waals surface area contributed by atoms with Crippen LogP contribution in [0.15, 0.2) is 36.0 Å². The number of ether oxygens (including phenoxy) is 3. The van der Waals surface area contributed by atoms with Crippen molar-refractivity contribution in [2.75, 3.05) is 0 Å². The van der Waals surface area contributed by atoms with Crippen LogP contribution in [0.4, 0.5) is 0 Å². The van der Waals surface area contributed by atoms with Gasteiger partial charge in [0, 0.05) is 22.8 Å². The Morgan fingerprint density at radius 2 is 1.17 bits per heavy atom. The summed E-state index contributed by atoms with van der Waals surface area (Å²) in [4.78, 5) is 35.1. The second-order valence-electron chi connectivity index (χ2n) is 5.11. The zero-order chi connectivity index (χ0) is 19.3. The predicted octanol–water partition coefficient (Wildman–Crippen LogP) is 0.0189. The number of esters is 3. The van der Waals surface area contributed by atoms with Crippen LogP contribution in [0.5, 0.6) is 0 Å². The minimum atomic E-state index is -3.26. The van der Waals surface area contributed by atoms with Crippen molar-refractivity contribution in [1.29, 1.82) is 0 Å². The van der Waals surface area contributed by atoms with Crippen LogP contribution in [-0.2, 0) is 28.6 Å². The summed E-state index contributed by atoms with van der Waals surface area (Å²) in [6.45, 7) is 11.3. The number of aliphatic hydroxyl groups is 3. The van der Waals surface area contributed by atoms with Gasteiger partial charge in [0.25, 0.3) is 5.97 Å². The Morgan fingerprint density at radius 1 is 0.833 bits per heavy atom. The fourth-order valence-electron chi connectivity index (χ4n) is 1.17. The van der Waals surface area contributed by atoms with E-state index in [4.69, 9.17) is 29.5 Å². The monoisotopic (exact) mass is 344 g/mol. The Labute approximate surface area is 138 Å². The second kappa shape index (κ2) is 7.86. The average Bonchev–Trinajstić information content (AvgIpc) is 2.35. The molecule has 0 saturated heterocycles. The molecule has 0 bridgehead atoms. The first kappa shape index (κ1) is 21.5. The van der Waals surface area contributed by atoms with E-state index < -0.39 is 35.4 Å². The van der Waals surface area contributed by atoms with Crippen molar-refractivity contribution in [3.63, 3.8) is 0 Å². The molecule has 0 aliphatic carbocycles. The molecule has 0 aromatic heterocycles. The van der Waals surface area contributed by atoms with Crippen molar-refractivity contribution in [3.05, 3.63) is 36.0 Å². The van der Waals surface area contributed by atoms with E-state index in [1.54, 1.807) is 0 Å². The van der Waals surface area contributed by atoms with Crippen LogP contribution in [0, 0.1) is 0 Å². The Balaban J connectivity index is 5.47. The van der Waals surface area contributed by atoms with E-state index in [0.29, 0.717) is 6.08 Å². The molecular weight excluding hydrogens is 324 g/mol. The van der Waals surface area contributed by atoms with E-state index >= 15 is 0 Å². The van der Waals surface area contributed by atoms with Gasteiger partial charge < -0.3 is 29.5 Å². The Kier molecular flexibility index (Phi) is 7.05. The van der Waals surface area contributed by atoms with Gasteiger partial charge >= 0.3 is 23.9 Å². The van der Waals surface area contributed by atoms with Crippen molar-refractivity contribution in [1.82, 2.24) is 0 Å². The molecule has 0 fully saturated rings. The zero-order valence-electron chi connectivity index (χ0n) is 13.8. The highest BCUT2D eigenvalue weighted by atomic mass is 16.9. The number of carbonyl (C=O) groups excluding carboxylic acids is 3. The molecule has 0 amide bonds. The molecule has 9 nitrogen and oxygen atoms in total. The topological polar surface area (TPSA) is 140 Å². The van der Waals surface area contributed by atoms with Crippen molar-refractivity contribution >= 4 is 17.9 Å². The highest BCUT2D eigenvalue weighted by molar-refractivity contribution is 5.90. The SMILES string of the molecule is C=C(C)C(=O)OC(C)(OC(=O)C(=C)C)OC(=O)/C(C)=C/C(O)(O)O. The Bertz CT molecular complexity index is 565. The van der Waals surface area contributed by atoms with Gasteiger partial charge in [0.05, 0.1) is 6.92 Å². The maximum Gasteiger partial charge on any atom is 0.421 e. The van der Waals surface area contributed by atoms with E-state index in [9.17, 15) is 14.4 Å². The van der Waals surface area contributed by atoms with Crippen LogP contribution in [0.1, 0.15) is 27.7 Å². The molecule has 9 heteroatoms. The standard InChI is InChI=1S/C15H20O9/c1-8(2)11(16)22-14(6,23-12(17)9(3)4)24-13(18)10(5)7-15(19,20)21/h7,19-21H,1,3H2,2,4-6H3/b10-7+. The fourth-order valence-corrected chi connectivity index (χ4v) is 1.17. The van der Waals surface area contributed by atoms with Crippen LogP contribution in [-0.4, -0.2) is 45.2 Å². The van der Waals surface area contributed by atoms with Crippen LogP contribution in [0.25, 0.3) is 0 Å². The lowest BCUT2D eigenvalue weighted by atomic mass is 10.2. The lowest BCUT2D eigenvalue weighted by Crippen LogP contribution is -2.42. The van der Waals surface area contributed by atoms with Crippen LogP contribution < -0.4 is 0 Å². The third-order valence-electron chi connectivity index (χ3n) is 2.26. The Hall–Kier alpha value is -2.49. The molecule has 0 heterocycles. The zero-order valence-corrected chi connectivity index (χ0v) is 13.8. The van der Waals surface area contributed by atoms with Gasteiger partial charge in [-0.25, -0.2) is 14.4 Å². The van der Waals surface area contributed by atoms with Gasteiger partial charge in [0.1, 0.15) is 0 Å². The summed E-state index contributed by atoms with van der Waals surface area (Å²) >= 11 is 0. The minimum absolute atomic E-state index is 0.0593. The highest BCUT2D eigenvalue weighted by Gasteiger charge is 2.39. The molecule has 0 saturated carbocycles. The molecular formula is C15H20O9. The molecule has 3 N–H and O–H groups in total. The molecule has 0 aliphatic heterocycles. The average molecular weight is 344 g/mol. The summed E-state index contributed by atoms with van der Waals surface area (Å²) in [6.07, 6.45) is 0.358. The molecule has 134 valence electrons. The number of hydrogen-bond donors (Lipinski definition) is 3. The van der Waals surface area contributed by atoms with Gasteiger partial charge in [-0.1, -0.05) is 13.2 Å². The molecule has 0 aromatic carbocycles. The molecule has 0 rings (SSSR count).